The zero-order valence-electron chi connectivity index (χ0n) is 12.0. The van der Waals surface area contributed by atoms with Gasteiger partial charge in [0.15, 0.2) is 6.61 Å². The van der Waals surface area contributed by atoms with Gasteiger partial charge >= 0.3 is 0 Å². The lowest BCUT2D eigenvalue weighted by Crippen LogP contribution is -2.43. The highest BCUT2D eigenvalue weighted by atomic mass is 16.5. The molecule has 0 unspecified atom stereocenters. The lowest BCUT2D eigenvalue weighted by atomic mass is 10.2. The van der Waals surface area contributed by atoms with E-state index in [-0.39, 0.29) is 12.5 Å². The van der Waals surface area contributed by atoms with Gasteiger partial charge in [-0.15, -0.1) is 0 Å². The second-order valence-corrected chi connectivity index (χ2v) is 4.87. The molecule has 20 heavy (non-hydrogen) atoms. The molecule has 0 spiro atoms. The van der Waals surface area contributed by atoms with Crippen LogP contribution in [-0.2, 0) is 4.79 Å². The maximum absolute atomic E-state index is 11.4. The number of anilines is 1. The molecule has 0 bridgehead atoms. The molecule has 1 saturated heterocycles. The molecule has 0 radical (unpaired) electrons. The predicted molar refractivity (Wildman–Crippen MR) is 80.3 cm³/mol. The van der Waals surface area contributed by atoms with E-state index in [1.165, 1.54) is 5.69 Å². The predicted octanol–water partition coefficient (Wildman–Crippen LogP) is 1.00. The van der Waals surface area contributed by atoms with E-state index < -0.39 is 0 Å². The largest absolute Gasteiger partial charge is 0.484 e. The number of hydrogen-bond donors (Lipinski definition) is 2. The van der Waals surface area contributed by atoms with Crippen LogP contribution in [0.5, 0.6) is 5.75 Å². The minimum absolute atomic E-state index is 0.0713. The van der Waals surface area contributed by atoms with Gasteiger partial charge in [-0.25, -0.2) is 0 Å². The number of nitrogens with one attached hydrogen (secondary N) is 2. The fraction of sp³-hybridized carbons (Fsp3) is 0.533. The topological polar surface area (TPSA) is 53.6 Å². The van der Waals surface area contributed by atoms with Crippen LogP contribution < -0.4 is 20.3 Å². The standard InChI is InChI=1S/C15H23N3O2/c1-2-7-17-15(19)12-20-14-5-3-13(4-6-14)18-10-8-16-9-11-18/h3-6,16H,2,7-12H2,1H3,(H,17,19). The van der Waals surface area contributed by atoms with E-state index in [1.54, 1.807) is 0 Å². The van der Waals surface area contributed by atoms with Gasteiger partial charge in [0.2, 0.25) is 0 Å². The lowest BCUT2D eigenvalue weighted by Gasteiger charge is -2.29. The van der Waals surface area contributed by atoms with Gasteiger partial charge in [0, 0.05) is 38.4 Å². The molecule has 1 aromatic carbocycles. The van der Waals surface area contributed by atoms with Gasteiger partial charge in [0.05, 0.1) is 0 Å². The van der Waals surface area contributed by atoms with Gasteiger partial charge in [-0.2, -0.15) is 0 Å². The Morgan fingerprint density at radius 3 is 2.65 bits per heavy atom. The van der Waals surface area contributed by atoms with Gasteiger partial charge in [-0.3, -0.25) is 4.79 Å². The van der Waals surface area contributed by atoms with Gasteiger partial charge in [0.1, 0.15) is 5.75 Å². The summed E-state index contributed by atoms with van der Waals surface area (Å²) in [5, 5.41) is 6.12. The van der Waals surface area contributed by atoms with Gasteiger partial charge < -0.3 is 20.3 Å². The number of hydrogen-bond acceptors (Lipinski definition) is 4. The van der Waals surface area contributed by atoms with E-state index in [4.69, 9.17) is 4.74 Å². The average molecular weight is 277 g/mol. The summed E-state index contributed by atoms with van der Waals surface area (Å²) in [6.45, 7) is 6.90. The first-order chi connectivity index (χ1) is 9.79. The third-order valence-electron chi connectivity index (χ3n) is 3.26. The Hall–Kier alpha value is -1.75. The number of ether oxygens (including phenoxy) is 1. The van der Waals surface area contributed by atoms with Crippen molar-refractivity contribution < 1.29 is 9.53 Å². The number of piperazine rings is 1. The molecule has 0 atom stereocenters. The van der Waals surface area contributed by atoms with E-state index in [0.29, 0.717) is 6.54 Å². The zero-order chi connectivity index (χ0) is 14.2. The van der Waals surface area contributed by atoms with E-state index in [9.17, 15) is 4.79 Å². The van der Waals surface area contributed by atoms with Crippen LogP contribution >= 0.6 is 0 Å². The number of carbonyl (C=O) groups excluding carboxylic acids is 1. The molecule has 1 aliphatic heterocycles. The lowest BCUT2D eigenvalue weighted by molar-refractivity contribution is -0.123. The second kappa shape index (κ2) is 7.75. The molecule has 1 aliphatic rings. The smallest absolute Gasteiger partial charge is 0.257 e. The number of carbonyl (C=O) groups is 1. The quantitative estimate of drug-likeness (QED) is 0.814. The molecule has 110 valence electrons. The minimum atomic E-state index is -0.0713. The Balaban J connectivity index is 1.80. The second-order valence-electron chi connectivity index (χ2n) is 4.87. The maximum Gasteiger partial charge on any atom is 0.257 e. The van der Waals surface area contributed by atoms with Crippen molar-refractivity contribution >= 4 is 11.6 Å². The molecule has 0 saturated carbocycles. The van der Waals surface area contributed by atoms with Crippen LogP contribution in [0.25, 0.3) is 0 Å². The summed E-state index contributed by atoms with van der Waals surface area (Å²) in [5.74, 6) is 0.661. The first kappa shape index (κ1) is 14.7. The van der Waals surface area contributed by atoms with Crippen molar-refractivity contribution in [3.63, 3.8) is 0 Å². The first-order valence-electron chi connectivity index (χ1n) is 7.25. The Labute approximate surface area is 120 Å². The fourth-order valence-corrected chi connectivity index (χ4v) is 2.14. The molecule has 5 nitrogen and oxygen atoms in total. The summed E-state index contributed by atoms with van der Waals surface area (Å²) in [5.41, 5.74) is 1.20. The summed E-state index contributed by atoms with van der Waals surface area (Å²) in [4.78, 5) is 13.8. The Morgan fingerprint density at radius 2 is 2.00 bits per heavy atom. The van der Waals surface area contributed by atoms with Crippen LogP contribution in [0.2, 0.25) is 0 Å². The van der Waals surface area contributed by atoms with Crippen molar-refractivity contribution in [2.75, 3.05) is 44.2 Å². The molecular weight excluding hydrogens is 254 g/mol. The highest BCUT2D eigenvalue weighted by molar-refractivity contribution is 5.77. The van der Waals surface area contributed by atoms with Crippen LogP contribution in [0.1, 0.15) is 13.3 Å². The summed E-state index contributed by atoms with van der Waals surface area (Å²) >= 11 is 0. The van der Waals surface area contributed by atoms with Gasteiger partial charge in [-0.1, -0.05) is 6.92 Å². The molecule has 0 aromatic heterocycles. The minimum Gasteiger partial charge on any atom is -0.484 e. The fourth-order valence-electron chi connectivity index (χ4n) is 2.14. The zero-order valence-corrected chi connectivity index (χ0v) is 12.0. The van der Waals surface area contributed by atoms with Crippen molar-refractivity contribution in [1.82, 2.24) is 10.6 Å². The molecular formula is C15H23N3O2. The van der Waals surface area contributed by atoms with Crippen molar-refractivity contribution in [2.24, 2.45) is 0 Å². The molecule has 0 aliphatic carbocycles. The van der Waals surface area contributed by atoms with E-state index >= 15 is 0 Å². The van der Waals surface area contributed by atoms with E-state index in [1.807, 2.05) is 31.2 Å². The van der Waals surface area contributed by atoms with Crippen molar-refractivity contribution in [3.8, 4) is 5.75 Å². The summed E-state index contributed by atoms with van der Waals surface area (Å²) < 4.78 is 5.46. The number of benzene rings is 1. The van der Waals surface area contributed by atoms with Crippen LogP contribution in [0.3, 0.4) is 0 Å². The molecule has 1 aromatic rings. The Morgan fingerprint density at radius 1 is 1.30 bits per heavy atom. The maximum atomic E-state index is 11.4. The Kier molecular flexibility index (Phi) is 5.68. The Bertz CT molecular complexity index is 414. The number of rotatable bonds is 6. The van der Waals surface area contributed by atoms with Crippen molar-refractivity contribution in [1.29, 1.82) is 0 Å². The van der Waals surface area contributed by atoms with Gasteiger partial charge in [0.25, 0.3) is 5.91 Å². The molecule has 1 amide bonds. The molecule has 5 heteroatoms. The molecule has 1 fully saturated rings. The van der Waals surface area contributed by atoms with E-state index in [2.05, 4.69) is 15.5 Å². The summed E-state index contributed by atoms with van der Waals surface area (Å²) in [6.07, 6.45) is 0.936. The average Bonchev–Trinajstić information content (AvgIpc) is 2.52. The third-order valence-corrected chi connectivity index (χ3v) is 3.26. The van der Waals surface area contributed by atoms with Crippen molar-refractivity contribution in [3.05, 3.63) is 24.3 Å². The van der Waals surface area contributed by atoms with Crippen molar-refractivity contribution in [2.45, 2.75) is 13.3 Å². The van der Waals surface area contributed by atoms with Crippen LogP contribution in [-0.4, -0.2) is 45.2 Å². The highest BCUT2D eigenvalue weighted by Gasteiger charge is 2.10. The number of nitrogens with zero attached hydrogens (tertiary/aromatic N) is 1. The van der Waals surface area contributed by atoms with Crippen LogP contribution in [0.4, 0.5) is 5.69 Å². The monoisotopic (exact) mass is 277 g/mol. The molecule has 1 heterocycles. The van der Waals surface area contributed by atoms with E-state index in [0.717, 1.165) is 38.3 Å². The highest BCUT2D eigenvalue weighted by Crippen LogP contribution is 2.19. The number of amides is 1. The first-order valence-corrected chi connectivity index (χ1v) is 7.25. The van der Waals surface area contributed by atoms with Gasteiger partial charge in [-0.05, 0) is 30.7 Å². The SMILES string of the molecule is CCCNC(=O)COc1ccc(N2CCNCC2)cc1. The van der Waals surface area contributed by atoms with Crippen LogP contribution in [0.15, 0.2) is 24.3 Å². The molecule has 2 N–H and O–H groups in total. The summed E-state index contributed by atoms with van der Waals surface area (Å²) in [7, 11) is 0. The van der Waals surface area contributed by atoms with Crippen LogP contribution in [0, 0.1) is 0 Å². The molecule has 2 rings (SSSR count). The third kappa shape index (κ3) is 4.42. The normalized spacial score (nSPS) is 14.9. The summed E-state index contributed by atoms with van der Waals surface area (Å²) in [6, 6.07) is 7.93.